The third-order valence-corrected chi connectivity index (χ3v) is 3.98. The number of hydrogen-bond donors (Lipinski definition) is 2. The van der Waals surface area contributed by atoms with E-state index in [2.05, 4.69) is 5.32 Å². The van der Waals surface area contributed by atoms with Gasteiger partial charge in [0.15, 0.2) is 9.84 Å². The Morgan fingerprint density at radius 1 is 1.19 bits per heavy atom. The summed E-state index contributed by atoms with van der Waals surface area (Å²) in [5.41, 5.74) is -0.508. The molecule has 1 aromatic rings. The predicted molar refractivity (Wildman–Crippen MR) is 78.8 cm³/mol. The van der Waals surface area contributed by atoms with Crippen LogP contribution in [0.4, 0.5) is 5.69 Å². The standard InChI is InChI=1S/C14H19NO5S/c1-14(2,9-13(17)18)8-12(16)15-10-6-4-5-7-11(10)21(3,19)20/h4-7H,8-9H2,1-3H3,(H,15,16)(H,17,18). The summed E-state index contributed by atoms with van der Waals surface area (Å²) in [6, 6.07) is 6.10. The van der Waals surface area contributed by atoms with E-state index in [1.165, 1.54) is 12.1 Å². The van der Waals surface area contributed by atoms with Gasteiger partial charge >= 0.3 is 5.97 Å². The number of benzene rings is 1. The maximum Gasteiger partial charge on any atom is 0.303 e. The minimum Gasteiger partial charge on any atom is -0.481 e. The molecule has 0 spiro atoms. The fourth-order valence-electron chi connectivity index (χ4n) is 1.99. The molecule has 6 nitrogen and oxygen atoms in total. The molecule has 0 aliphatic carbocycles. The average Bonchev–Trinajstić information content (AvgIpc) is 2.24. The summed E-state index contributed by atoms with van der Waals surface area (Å²) in [5, 5.41) is 11.3. The third kappa shape index (κ3) is 5.55. The van der Waals surface area contributed by atoms with Crippen molar-refractivity contribution >= 4 is 27.4 Å². The molecule has 0 atom stereocenters. The maximum atomic E-state index is 12.0. The normalized spacial score (nSPS) is 12.0. The number of nitrogens with one attached hydrogen (secondary N) is 1. The lowest BCUT2D eigenvalue weighted by Gasteiger charge is -2.21. The number of sulfone groups is 1. The molecule has 116 valence electrons. The molecular formula is C14H19NO5S. The number of rotatable bonds is 6. The van der Waals surface area contributed by atoms with Crippen LogP contribution in [-0.4, -0.2) is 31.7 Å². The molecule has 0 unspecified atom stereocenters. The van der Waals surface area contributed by atoms with Crippen molar-refractivity contribution in [2.24, 2.45) is 5.41 Å². The van der Waals surface area contributed by atoms with Crippen LogP contribution in [0, 0.1) is 5.41 Å². The first-order valence-electron chi connectivity index (χ1n) is 6.32. The first kappa shape index (κ1) is 17.2. The number of amides is 1. The lowest BCUT2D eigenvalue weighted by atomic mass is 9.85. The molecule has 21 heavy (non-hydrogen) atoms. The van der Waals surface area contributed by atoms with Crippen LogP contribution in [0.2, 0.25) is 0 Å². The van der Waals surface area contributed by atoms with E-state index in [9.17, 15) is 18.0 Å². The number of carboxylic acids is 1. The van der Waals surface area contributed by atoms with Crippen molar-refractivity contribution in [1.82, 2.24) is 0 Å². The second-order valence-corrected chi connectivity index (χ2v) is 7.71. The first-order valence-corrected chi connectivity index (χ1v) is 8.21. The Hall–Kier alpha value is -1.89. The summed E-state index contributed by atoms with van der Waals surface area (Å²) < 4.78 is 23.3. The van der Waals surface area contributed by atoms with E-state index in [4.69, 9.17) is 5.11 Å². The van der Waals surface area contributed by atoms with E-state index in [1.807, 2.05) is 0 Å². The van der Waals surface area contributed by atoms with Crippen molar-refractivity contribution < 1.29 is 23.1 Å². The summed E-state index contributed by atoms with van der Waals surface area (Å²) in [7, 11) is -3.45. The van der Waals surface area contributed by atoms with Gasteiger partial charge in [0.1, 0.15) is 0 Å². The molecule has 0 radical (unpaired) electrons. The molecule has 1 amide bonds. The molecule has 0 saturated heterocycles. The van der Waals surface area contributed by atoms with Crippen LogP contribution in [0.25, 0.3) is 0 Å². The van der Waals surface area contributed by atoms with E-state index in [-0.39, 0.29) is 23.4 Å². The topological polar surface area (TPSA) is 101 Å². The SMILES string of the molecule is CC(C)(CC(=O)O)CC(=O)Nc1ccccc1S(C)(=O)=O. The minimum absolute atomic E-state index is 0.0165. The van der Waals surface area contributed by atoms with Crippen molar-refractivity contribution in [3.8, 4) is 0 Å². The van der Waals surface area contributed by atoms with Gasteiger partial charge < -0.3 is 10.4 Å². The molecule has 0 fully saturated rings. The fraction of sp³-hybridized carbons (Fsp3) is 0.429. The van der Waals surface area contributed by atoms with Crippen LogP contribution in [0.5, 0.6) is 0 Å². The van der Waals surface area contributed by atoms with Crippen LogP contribution in [0.15, 0.2) is 29.2 Å². The van der Waals surface area contributed by atoms with E-state index in [0.29, 0.717) is 0 Å². The molecule has 0 aliphatic rings. The molecule has 0 saturated carbocycles. The van der Waals surface area contributed by atoms with Crippen LogP contribution in [-0.2, 0) is 19.4 Å². The Kier molecular flexibility index (Phi) is 5.11. The molecule has 2 N–H and O–H groups in total. The predicted octanol–water partition coefficient (Wildman–Crippen LogP) is 1.92. The zero-order valence-corrected chi connectivity index (χ0v) is 13.0. The Labute approximate surface area is 124 Å². The second-order valence-electron chi connectivity index (χ2n) is 5.73. The maximum absolute atomic E-state index is 12.0. The average molecular weight is 313 g/mol. The van der Waals surface area contributed by atoms with Gasteiger partial charge in [0, 0.05) is 12.7 Å². The van der Waals surface area contributed by atoms with Gasteiger partial charge in [-0.3, -0.25) is 9.59 Å². The van der Waals surface area contributed by atoms with Gasteiger partial charge in [-0.1, -0.05) is 26.0 Å². The third-order valence-electron chi connectivity index (χ3n) is 2.83. The molecular weight excluding hydrogens is 294 g/mol. The Bertz CT molecular complexity index is 649. The second kappa shape index (κ2) is 6.26. The summed E-state index contributed by atoms with van der Waals surface area (Å²) in [6.07, 6.45) is 0.901. The van der Waals surface area contributed by atoms with Gasteiger partial charge in [0.2, 0.25) is 5.91 Å². The van der Waals surface area contributed by atoms with Crippen molar-refractivity contribution in [1.29, 1.82) is 0 Å². The summed E-state index contributed by atoms with van der Waals surface area (Å²) in [5.74, 6) is -1.40. The molecule has 1 aromatic carbocycles. The zero-order chi connectivity index (χ0) is 16.3. The highest BCUT2D eigenvalue weighted by atomic mass is 32.2. The quantitative estimate of drug-likeness (QED) is 0.835. The van der Waals surface area contributed by atoms with Crippen molar-refractivity contribution in [2.75, 3.05) is 11.6 Å². The van der Waals surface area contributed by atoms with Crippen molar-refractivity contribution in [3.05, 3.63) is 24.3 Å². The number of aliphatic carboxylic acids is 1. The number of para-hydroxylation sites is 1. The van der Waals surface area contributed by atoms with Gasteiger partial charge in [-0.15, -0.1) is 0 Å². The van der Waals surface area contributed by atoms with Gasteiger partial charge in [0.25, 0.3) is 0 Å². The molecule has 0 aliphatic heterocycles. The highest BCUT2D eigenvalue weighted by Crippen LogP contribution is 2.27. The number of carbonyl (C=O) groups is 2. The van der Waals surface area contributed by atoms with E-state index in [0.717, 1.165) is 6.26 Å². The van der Waals surface area contributed by atoms with Crippen LogP contribution < -0.4 is 5.32 Å². The minimum atomic E-state index is -3.45. The largest absolute Gasteiger partial charge is 0.481 e. The monoisotopic (exact) mass is 313 g/mol. The first-order chi connectivity index (χ1) is 9.51. The summed E-state index contributed by atoms with van der Waals surface area (Å²) in [6.45, 7) is 3.34. The Morgan fingerprint density at radius 3 is 2.29 bits per heavy atom. The Morgan fingerprint density at radius 2 is 1.76 bits per heavy atom. The van der Waals surface area contributed by atoms with Crippen molar-refractivity contribution in [3.63, 3.8) is 0 Å². The molecule has 0 aromatic heterocycles. The van der Waals surface area contributed by atoms with Gasteiger partial charge in [-0.2, -0.15) is 0 Å². The number of anilines is 1. The lowest BCUT2D eigenvalue weighted by Crippen LogP contribution is -2.25. The molecule has 0 heterocycles. The fourth-order valence-corrected chi connectivity index (χ4v) is 2.84. The summed E-state index contributed by atoms with van der Waals surface area (Å²) in [4.78, 5) is 22.8. The van der Waals surface area contributed by atoms with Crippen molar-refractivity contribution in [2.45, 2.75) is 31.6 Å². The Balaban J connectivity index is 2.88. The highest BCUT2D eigenvalue weighted by Gasteiger charge is 2.26. The smallest absolute Gasteiger partial charge is 0.303 e. The van der Waals surface area contributed by atoms with E-state index >= 15 is 0 Å². The van der Waals surface area contributed by atoms with Gasteiger partial charge in [0.05, 0.1) is 17.0 Å². The summed E-state index contributed by atoms with van der Waals surface area (Å²) >= 11 is 0. The molecule has 1 rings (SSSR count). The van der Waals surface area contributed by atoms with Gasteiger partial charge in [-0.05, 0) is 17.5 Å². The number of carbonyl (C=O) groups excluding carboxylic acids is 1. The number of hydrogen-bond acceptors (Lipinski definition) is 4. The van der Waals surface area contributed by atoms with Crippen LogP contribution >= 0.6 is 0 Å². The molecule has 0 bridgehead atoms. The zero-order valence-electron chi connectivity index (χ0n) is 12.2. The highest BCUT2D eigenvalue weighted by molar-refractivity contribution is 7.90. The van der Waals surface area contributed by atoms with Crippen LogP contribution in [0.3, 0.4) is 0 Å². The van der Waals surface area contributed by atoms with E-state index < -0.39 is 27.1 Å². The van der Waals surface area contributed by atoms with E-state index in [1.54, 1.807) is 26.0 Å². The molecule has 7 heteroatoms. The number of carboxylic acid groups (broad SMARTS) is 1. The van der Waals surface area contributed by atoms with Crippen LogP contribution in [0.1, 0.15) is 26.7 Å². The lowest BCUT2D eigenvalue weighted by molar-refractivity contribution is -0.139. The van der Waals surface area contributed by atoms with Gasteiger partial charge in [-0.25, -0.2) is 8.42 Å².